The third-order valence-corrected chi connectivity index (χ3v) is 3.92. The van der Waals surface area contributed by atoms with Crippen LogP contribution >= 0.6 is 12.2 Å². The van der Waals surface area contributed by atoms with Crippen LogP contribution < -0.4 is 10.2 Å². The second kappa shape index (κ2) is 7.45. The number of aryl methyl sites for hydroxylation is 1. The molecule has 0 radical (unpaired) electrons. The number of piperazine rings is 1. The monoisotopic (exact) mass is 293 g/mol. The zero-order chi connectivity index (χ0) is 14.4. The van der Waals surface area contributed by atoms with Gasteiger partial charge in [0, 0.05) is 45.5 Å². The van der Waals surface area contributed by atoms with E-state index in [1.165, 1.54) is 11.3 Å². The van der Waals surface area contributed by atoms with Crippen molar-refractivity contribution >= 4 is 23.0 Å². The minimum absolute atomic E-state index is 0.684. The van der Waals surface area contributed by atoms with Crippen molar-refractivity contribution in [2.45, 2.75) is 6.92 Å². The zero-order valence-corrected chi connectivity index (χ0v) is 13.1. The SMILES string of the molecule is COCCNC(=S)N1CCN(c2cccc(C)c2)CC1. The predicted molar refractivity (Wildman–Crippen MR) is 87.4 cm³/mol. The van der Waals surface area contributed by atoms with Crippen LogP contribution in [0.1, 0.15) is 5.56 Å². The van der Waals surface area contributed by atoms with Crippen LogP contribution in [0.5, 0.6) is 0 Å². The van der Waals surface area contributed by atoms with Gasteiger partial charge in [0.15, 0.2) is 5.11 Å². The molecule has 0 unspecified atom stereocenters. The Morgan fingerprint density at radius 1 is 1.30 bits per heavy atom. The van der Waals surface area contributed by atoms with Crippen LogP contribution in [0.4, 0.5) is 5.69 Å². The van der Waals surface area contributed by atoms with E-state index in [0.717, 1.165) is 37.8 Å². The van der Waals surface area contributed by atoms with Crippen molar-refractivity contribution in [3.63, 3.8) is 0 Å². The Balaban J connectivity index is 1.81. The molecule has 1 aromatic carbocycles. The van der Waals surface area contributed by atoms with Crippen molar-refractivity contribution in [3.05, 3.63) is 29.8 Å². The Labute approximate surface area is 126 Å². The van der Waals surface area contributed by atoms with E-state index in [-0.39, 0.29) is 0 Å². The molecule has 1 aromatic rings. The first-order valence-electron chi connectivity index (χ1n) is 7.04. The highest BCUT2D eigenvalue weighted by Gasteiger charge is 2.18. The number of nitrogens with one attached hydrogen (secondary N) is 1. The van der Waals surface area contributed by atoms with E-state index < -0.39 is 0 Å². The normalized spacial score (nSPS) is 15.3. The van der Waals surface area contributed by atoms with Crippen LogP contribution in [0.2, 0.25) is 0 Å². The van der Waals surface area contributed by atoms with E-state index in [4.69, 9.17) is 17.0 Å². The molecule has 1 fully saturated rings. The van der Waals surface area contributed by atoms with Crippen molar-refractivity contribution in [1.29, 1.82) is 0 Å². The first kappa shape index (κ1) is 15.1. The molecule has 5 heteroatoms. The number of rotatable bonds is 4. The number of anilines is 1. The van der Waals surface area contributed by atoms with Crippen LogP contribution in [-0.4, -0.2) is 56.5 Å². The molecule has 0 bridgehead atoms. The summed E-state index contributed by atoms with van der Waals surface area (Å²) in [6.07, 6.45) is 0. The molecule has 110 valence electrons. The van der Waals surface area contributed by atoms with E-state index in [1.807, 2.05) is 0 Å². The zero-order valence-electron chi connectivity index (χ0n) is 12.3. The third-order valence-electron chi connectivity index (χ3n) is 3.52. The fraction of sp³-hybridized carbons (Fsp3) is 0.533. The number of nitrogens with zero attached hydrogens (tertiary/aromatic N) is 2. The molecule has 0 saturated carbocycles. The average Bonchev–Trinajstić information content (AvgIpc) is 2.47. The molecule has 2 rings (SSSR count). The van der Waals surface area contributed by atoms with Gasteiger partial charge in [-0.3, -0.25) is 0 Å². The van der Waals surface area contributed by atoms with Gasteiger partial charge in [0.1, 0.15) is 0 Å². The Morgan fingerprint density at radius 2 is 2.05 bits per heavy atom. The fourth-order valence-electron chi connectivity index (χ4n) is 2.36. The van der Waals surface area contributed by atoms with E-state index in [0.29, 0.717) is 6.61 Å². The quantitative estimate of drug-likeness (QED) is 0.673. The van der Waals surface area contributed by atoms with E-state index >= 15 is 0 Å². The largest absolute Gasteiger partial charge is 0.383 e. The summed E-state index contributed by atoms with van der Waals surface area (Å²) >= 11 is 5.40. The van der Waals surface area contributed by atoms with Crippen molar-refractivity contribution in [2.24, 2.45) is 0 Å². The Morgan fingerprint density at radius 3 is 2.70 bits per heavy atom. The van der Waals surface area contributed by atoms with E-state index in [1.54, 1.807) is 7.11 Å². The lowest BCUT2D eigenvalue weighted by Crippen LogP contribution is -2.52. The molecule has 0 atom stereocenters. The van der Waals surface area contributed by atoms with E-state index in [9.17, 15) is 0 Å². The Bertz CT molecular complexity index is 444. The van der Waals surface area contributed by atoms with Crippen LogP contribution in [0.3, 0.4) is 0 Å². The number of thiocarbonyl (C=S) groups is 1. The van der Waals surface area contributed by atoms with Crippen molar-refractivity contribution < 1.29 is 4.74 Å². The highest BCUT2D eigenvalue weighted by Crippen LogP contribution is 2.17. The summed E-state index contributed by atoms with van der Waals surface area (Å²) in [5.41, 5.74) is 2.62. The standard InChI is InChI=1S/C15H23N3OS/c1-13-4-3-5-14(12-13)17-7-9-18(10-8-17)15(20)16-6-11-19-2/h3-5,12H,6-11H2,1-2H3,(H,16,20). The second-order valence-electron chi connectivity index (χ2n) is 5.04. The van der Waals surface area contributed by atoms with Crippen LogP contribution in [0.25, 0.3) is 0 Å². The molecule has 4 nitrogen and oxygen atoms in total. The summed E-state index contributed by atoms with van der Waals surface area (Å²) < 4.78 is 5.02. The lowest BCUT2D eigenvalue weighted by atomic mass is 10.2. The first-order valence-corrected chi connectivity index (χ1v) is 7.45. The van der Waals surface area contributed by atoms with Crippen molar-refractivity contribution in [2.75, 3.05) is 51.3 Å². The minimum atomic E-state index is 0.684. The third kappa shape index (κ3) is 4.08. The molecule has 0 amide bonds. The Kier molecular flexibility index (Phi) is 5.61. The maximum Gasteiger partial charge on any atom is 0.169 e. The summed E-state index contributed by atoms with van der Waals surface area (Å²) in [4.78, 5) is 4.65. The molecule has 1 aliphatic heterocycles. The maximum atomic E-state index is 5.40. The lowest BCUT2D eigenvalue weighted by Gasteiger charge is -2.37. The summed E-state index contributed by atoms with van der Waals surface area (Å²) in [5, 5.41) is 4.07. The topological polar surface area (TPSA) is 27.7 Å². The van der Waals surface area contributed by atoms with Gasteiger partial charge >= 0.3 is 0 Å². The molecule has 1 aliphatic rings. The summed E-state index contributed by atoms with van der Waals surface area (Å²) in [6.45, 7) is 7.54. The number of hydrogen-bond donors (Lipinski definition) is 1. The predicted octanol–water partition coefficient (Wildman–Crippen LogP) is 1.64. The van der Waals surface area contributed by atoms with Gasteiger partial charge in [-0.25, -0.2) is 0 Å². The molecule has 1 saturated heterocycles. The molecule has 0 spiro atoms. The van der Waals surface area contributed by atoms with Gasteiger partial charge in [-0.15, -0.1) is 0 Å². The van der Waals surface area contributed by atoms with Crippen LogP contribution in [0, 0.1) is 6.92 Å². The second-order valence-corrected chi connectivity index (χ2v) is 5.42. The summed E-state index contributed by atoms with van der Waals surface area (Å²) in [5.74, 6) is 0. The van der Waals surface area contributed by atoms with Gasteiger partial charge in [-0.05, 0) is 36.8 Å². The molecule has 0 aliphatic carbocycles. The lowest BCUT2D eigenvalue weighted by molar-refractivity contribution is 0.202. The molecule has 0 aromatic heterocycles. The minimum Gasteiger partial charge on any atom is -0.383 e. The molecule has 1 heterocycles. The van der Waals surface area contributed by atoms with Crippen molar-refractivity contribution in [3.8, 4) is 0 Å². The summed E-state index contributed by atoms with van der Waals surface area (Å²) in [6, 6.07) is 8.67. The maximum absolute atomic E-state index is 5.40. The van der Waals surface area contributed by atoms with Gasteiger partial charge in [0.25, 0.3) is 0 Å². The average molecular weight is 293 g/mol. The molecule has 1 N–H and O–H groups in total. The van der Waals surface area contributed by atoms with E-state index in [2.05, 4.69) is 46.3 Å². The van der Waals surface area contributed by atoms with Gasteiger partial charge in [0.05, 0.1) is 6.61 Å². The molecular weight excluding hydrogens is 270 g/mol. The molecule has 20 heavy (non-hydrogen) atoms. The van der Waals surface area contributed by atoms with Gasteiger partial charge in [0.2, 0.25) is 0 Å². The number of hydrogen-bond acceptors (Lipinski definition) is 3. The fourth-order valence-corrected chi connectivity index (χ4v) is 2.65. The first-order chi connectivity index (χ1) is 9.70. The van der Waals surface area contributed by atoms with Crippen LogP contribution in [0.15, 0.2) is 24.3 Å². The Hall–Kier alpha value is -1.33. The highest BCUT2D eigenvalue weighted by atomic mass is 32.1. The van der Waals surface area contributed by atoms with Gasteiger partial charge in [-0.1, -0.05) is 12.1 Å². The highest BCUT2D eigenvalue weighted by molar-refractivity contribution is 7.80. The summed E-state index contributed by atoms with van der Waals surface area (Å²) in [7, 11) is 1.70. The number of methoxy groups -OCH3 is 1. The van der Waals surface area contributed by atoms with Gasteiger partial charge < -0.3 is 19.9 Å². The number of benzene rings is 1. The van der Waals surface area contributed by atoms with Crippen LogP contribution in [-0.2, 0) is 4.74 Å². The smallest absolute Gasteiger partial charge is 0.169 e. The van der Waals surface area contributed by atoms with Gasteiger partial charge in [-0.2, -0.15) is 0 Å². The van der Waals surface area contributed by atoms with Crippen molar-refractivity contribution in [1.82, 2.24) is 10.2 Å². The number of ether oxygens (including phenoxy) is 1. The molecular formula is C15H23N3OS.